The van der Waals surface area contributed by atoms with Gasteiger partial charge in [0.1, 0.15) is 12.1 Å². The van der Waals surface area contributed by atoms with Crippen LogP contribution in [0, 0.1) is 17.4 Å². The Bertz CT molecular complexity index is 376. The van der Waals surface area contributed by atoms with Crippen molar-refractivity contribution in [2.75, 3.05) is 13.7 Å². The molecule has 1 saturated heterocycles. The third-order valence-corrected chi connectivity index (χ3v) is 3.19. The molecular weight excluding hydrogens is 246 g/mol. The van der Waals surface area contributed by atoms with Crippen molar-refractivity contribution in [3.05, 3.63) is 0 Å². The molecule has 0 aromatic rings. The number of carbonyl (C=O) groups is 2. The average Bonchev–Trinajstić information content (AvgIpc) is 2.84. The lowest BCUT2D eigenvalue weighted by molar-refractivity contribution is -0.146. The fraction of sp³-hybridized carbons (Fsp3) is 0.769. The number of amides is 1. The van der Waals surface area contributed by atoms with E-state index < -0.39 is 18.1 Å². The highest BCUT2D eigenvalue weighted by atomic mass is 16.5. The number of hydrogen-bond donors (Lipinski definition) is 1. The number of ether oxygens (including phenoxy) is 1. The van der Waals surface area contributed by atoms with E-state index in [0.29, 0.717) is 19.4 Å². The first-order valence-corrected chi connectivity index (χ1v) is 6.54. The van der Waals surface area contributed by atoms with E-state index in [1.807, 2.05) is 20.0 Å². The summed E-state index contributed by atoms with van der Waals surface area (Å²) in [7, 11) is 1.30. The Morgan fingerprint density at radius 1 is 1.53 bits per heavy atom. The van der Waals surface area contributed by atoms with Crippen LogP contribution in [0.25, 0.3) is 0 Å². The molecule has 1 heterocycles. The molecule has 1 rings (SSSR count). The summed E-state index contributed by atoms with van der Waals surface area (Å²) in [4.78, 5) is 25.2. The van der Waals surface area contributed by atoms with Gasteiger partial charge in [-0.15, -0.1) is 0 Å². The predicted octanol–water partition coefficient (Wildman–Crippen LogP) is 0.636. The highest BCUT2D eigenvalue weighted by Gasteiger charge is 2.33. The first kappa shape index (κ1) is 15.3. The van der Waals surface area contributed by atoms with Gasteiger partial charge in [-0.3, -0.25) is 9.69 Å². The molecule has 0 saturated carbocycles. The maximum absolute atomic E-state index is 12.1. The minimum Gasteiger partial charge on any atom is -0.467 e. The topological polar surface area (TPSA) is 82.4 Å². The molecule has 0 spiro atoms. The first-order valence-electron chi connectivity index (χ1n) is 6.54. The van der Waals surface area contributed by atoms with Crippen molar-refractivity contribution in [1.82, 2.24) is 10.2 Å². The van der Waals surface area contributed by atoms with Crippen molar-refractivity contribution in [2.24, 2.45) is 5.92 Å². The molecule has 1 aliphatic rings. The van der Waals surface area contributed by atoms with Gasteiger partial charge in [-0.2, -0.15) is 5.26 Å². The lowest BCUT2D eigenvalue weighted by Gasteiger charge is -2.22. The molecule has 0 aromatic carbocycles. The second kappa shape index (κ2) is 6.98. The maximum Gasteiger partial charge on any atom is 0.328 e. The van der Waals surface area contributed by atoms with Gasteiger partial charge in [-0.25, -0.2) is 4.79 Å². The Morgan fingerprint density at radius 2 is 2.21 bits per heavy atom. The molecule has 1 amide bonds. The van der Waals surface area contributed by atoms with Gasteiger partial charge in [0.25, 0.3) is 0 Å². The van der Waals surface area contributed by atoms with Crippen molar-refractivity contribution >= 4 is 11.9 Å². The number of esters is 1. The Morgan fingerprint density at radius 3 is 2.74 bits per heavy atom. The fourth-order valence-electron chi connectivity index (χ4n) is 2.25. The molecule has 0 unspecified atom stereocenters. The average molecular weight is 267 g/mol. The van der Waals surface area contributed by atoms with Crippen LogP contribution in [0.15, 0.2) is 0 Å². The summed E-state index contributed by atoms with van der Waals surface area (Å²) in [5.41, 5.74) is 0. The molecule has 0 aromatic heterocycles. The summed E-state index contributed by atoms with van der Waals surface area (Å²) in [6.07, 6.45) is 4.00. The van der Waals surface area contributed by atoms with Crippen LogP contribution in [0.2, 0.25) is 0 Å². The van der Waals surface area contributed by atoms with Crippen LogP contribution >= 0.6 is 0 Å². The van der Waals surface area contributed by atoms with E-state index in [1.54, 1.807) is 0 Å². The van der Waals surface area contributed by atoms with Gasteiger partial charge in [0.2, 0.25) is 5.91 Å². The SMILES string of the molecule is COC(=O)[C@@H](CC(C)C)NC(=O)[C@H]1CCCN1C#N. The minimum absolute atomic E-state index is 0.264. The Labute approximate surface area is 113 Å². The molecule has 0 radical (unpaired) electrons. The summed E-state index contributed by atoms with van der Waals surface area (Å²) in [6.45, 7) is 4.54. The zero-order valence-electron chi connectivity index (χ0n) is 11.7. The highest BCUT2D eigenvalue weighted by Crippen LogP contribution is 2.16. The normalized spacial score (nSPS) is 19.9. The van der Waals surface area contributed by atoms with E-state index in [0.717, 1.165) is 6.42 Å². The van der Waals surface area contributed by atoms with Crippen LogP contribution in [0.3, 0.4) is 0 Å². The van der Waals surface area contributed by atoms with Crippen molar-refractivity contribution in [3.8, 4) is 6.19 Å². The summed E-state index contributed by atoms with van der Waals surface area (Å²) in [5.74, 6) is -0.446. The van der Waals surface area contributed by atoms with E-state index in [-0.39, 0.29) is 11.8 Å². The number of nitrogens with one attached hydrogen (secondary N) is 1. The number of methoxy groups -OCH3 is 1. The largest absolute Gasteiger partial charge is 0.467 e. The van der Waals surface area contributed by atoms with Gasteiger partial charge >= 0.3 is 5.97 Å². The standard InChI is InChI=1S/C13H21N3O3/c1-9(2)7-10(13(18)19-3)15-12(17)11-5-4-6-16(11)8-14/h9-11H,4-7H2,1-3H3,(H,15,17)/t10-,11-/m1/s1. The van der Waals surface area contributed by atoms with Crippen molar-refractivity contribution in [1.29, 1.82) is 5.26 Å². The van der Waals surface area contributed by atoms with Gasteiger partial charge in [0, 0.05) is 6.54 Å². The van der Waals surface area contributed by atoms with Gasteiger partial charge in [0.05, 0.1) is 7.11 Å². The van der Waals surface area contributed by atoms with Crippen LogP contribution in [0.4, 0.5) is 0 Å². The molecule has 1 aliphatic heterocycles. The molecule has 106 valence electrons. The van der Waals surface area contributed by atoms with Crippen LogP contribution in [-0.2, 0) is 14.3 Å². The summed E-state index contributed by atoms with van der Waals surface area (Å²) >= 11 is 0. The number of nitrogens with zero attached hydrogens (tertiary/aromatic N) is 2. The van der Waals surface area contributed by atoms with Crippen molar-refractivity contribution in [3.63, 3.8) is 0 Å². The van der Waals surface area contributed by atoms with Crippen LogP contribution in [0.5, 0.6) is 0 Å². The number of carbonyl (C=O) groups excluding carboxylic acids is 2. The Kier molecular flexibility index (Phi) is 5.61. The van der Waals surface area contributed by atoms with E-state index >= 15 is 0 Å². The lowest BCUT2D eigenvalue weighted by atomic mass is 10.0. The summed E-state index contributed by atoms with van der Waals surface area (Å²) < 4.78 is 4.70. The quantitative estimate of drug-likeness (QED) is 0.583. The van der Waals surface area contributed by atoms with Gasteiger partial charge in [-0.05, 0) is 25.2 Å². The molecule has 19 heavy (non-hydrogen) atoms. The van der Waals surface area contributed by atoms with E-state index in [1.165, 1.54) is 12.0 Å². The molecule has 1 N–H and O–H groups in total. The van der Waals surface area contributed by atoms with Crippen LogP contribution in [-0.4, -0.2) is 42.5 Å². The molecule has 6 heteroatoms. The minimum atomic E-state index is -0.640. The second-order valence-corrected chi connectivity index (χ2v) is 5.17. The van der Waals surface area contributed by atoms with Gasteiger partial charge in [0.15, 0.2) is 6.19 Å². The van der Waals surface area contributed by atoms with Crippen molar-refractivity contribution in [2.45, 2.75) is 45.2 Å². The predicted molar refractivity (Wildman–Crippen MR) is 68.7 cm³/mol. The zero-order valence-corrected chi connectivity index (χ0v) is 11.7. The molecule has 0 aliphatic carbocycles. The molecule has 1 fully saturated rings. The number of likely N-dealkylation sites (tertiary alicyclic amines) is 1. The lowest BCUT2D eigenvalue weighted by Crippen LogP contribution is -2.49. The molecule has 0 bridgehead atoms. The second-order valence-electron chi connectivity index (χ2n) is 5.17. The van der Waals surface area contributed by atoms with E-state index in [9.17, 15) is 9.59 Å². The third kappa shape index (κ3) is 4.12. The number of nitriles is 1. The molecular formula is C13H21N3O3. The smallest absolute Gasteiger partial charge is 0.328 e. The molecule has 2 atom stereocenters. The zero-order chi connectivity index (χ0) is 14.4. The summed E-state index contributed by atoms with van der Waals surface area (Å²) in [5, 5.41) is 11.6. The Balaban J connectivity index is 2.65. The van der Waals surface area contributed by atoms with Crippen LogP contribution < -0.4 is 5.32 Å². The number of rotatable bonds is 5. The third-order valence-electron chi connectivity index (χ3n) is 3.19. The molecule has 6 nitrogen and oxygen atoms in total. The van der Waals surface area contributed by atoms with Crippen LogP contribution in [0.1, 0.15) is 33.1 Å². The van der Waals surface area contributed by atoms with E-state index in [4.69, 9.17) is 10.00 Å². The van der Waals surface area contributed by atoms with Gasteiger partial charge < -0.3 is 10.1 Å². The monoisotopic (exact) mass is 267 g/mol. The summed E-state index contributed by atoms with van der Waals surface area (Å²) in [6, 6.07) is -1.09. The first-order chi connectivity index (χ1) is 8.99. The van der Waals surface area contributed by atoms with E-state index in [2.05, 4.69) is 5.32 Å². The number of hydrogen-bond acceptors (Lipinski definition) is 5. The fourth-order valence-corrected chi connectivity index (χ4v) is 2.25. The highest BCUT2D eigenvalue weighted by molar-refractivity contribution is 5.87. The Hall–Kier alpha value is -1.77. The van der Waals surface area contributed by atoms with Crippen molar-refractivity contribution < 1.29 is 14.3 Å². The maximum atomic E-state index is 12.1. The van der Waals surface area contributed by atoms with Gasteiger partial charge in [-0.1, -0.05) is 13.8 Å².